The number of phenolic OH excluding ortho intramolecular Hbond substituents is 1. The molecule has 6 nitrogen and oxygen atoms in total. The number of aromatic hydroxyl groups is 1. The van der Waals surface area contributed by atoms with E-state index < -0.39 is 29.9 Å². The van der Waals surface area contributed by atoms with Crippen LogP contribution >= 0.6 is 0 Å². The minimum atomic E-state index is -1.22. The van der Waals surface area contributed by atoms with Gasteiger partial charge in [0.25, 0.3) is 0 Å². The van der Waals surface area contributed by atoms with Crippen molar-refractivity contribution in [1.29, 1.82) is 0 Å². The standard InChI is InChI=1S/C19H22O6/c1-6-11-7(2)12-16(8(3)13(11)20)24-17-9(4)14(21)15(22)10(5)18(17)25-19(12)23/h9,14,17,20-21H,6H2,1-5H3/t9-,14+,17-/m1/s1. The minimum absolute atomic E-state index is 0.0933. The average Bonchev–Trinajstić information content (AvgIpc) is 2.73. The van der Waals surface area contributed by atoms with E-state index in [1.54, 1.807) is 20.8 Å². The number of hydrogen-bond acceptors (Lipinski definition) is 6. The lowest BCUT2D eigenvalue weighted by Gasteiger charge is -2.33. The van der Waals surface area contributed by atoms with Gasteiger partial charge in [-0.25, -0.2) is 4.79 Å². The molecule has 0 amide bonds. The number of aliphatic hydroxyl groups is 1. The van der Waals surface area contributed by atoms with Gasteiger partial charge in [-0.05, 0) is 38.3 Å². The van der Waals surface area contributed by atoms with Crippen LogP contribution in [-0.2, 0) is 16.0 Å². The first kappa shape index (κ1) is 17.5. The number of aliphatic hydroxyl groups excluding tert-OH is 1. The zero-order chi connectivity index (χ0) is 18.6. The van der Waals surface area contributed by atoms with Crippen molar-refractivity contribution in [1.82, 2.24) is 0 Å². The van der Waals surface area contributed by atoms with Gasteiger partial charge in [-0.2, -0.15) is 0 Å². The Bertz CT molecular complexity index is 820. The summed E-state index contributed by atoms with van der Waals surface area (Å²) < 4.78 is 11.6. The highest BCUT2D eigenvalue weighted by atomic mass is 16.6. The number of ketones is 1. The molecule has 3 atom stereocenters. The number of ether oxygens (including phenoxy) is 2. The molecule has 0 radical (unpaired) electrons. The lowest BCUT2D eigenvalue weighted by molar-refractivity contribution is -0.129. The van der Waals surface area contributed by atoms with Crippen molar-refractivity contribution >= 4 is 11.8 Å². The number of benzene rings is 1. The Kier molecular flexibility index (Phi) is 4.11. The fraction of sp³-hybridized carbons (Fsp3) is 0.474. The van der Waals surface area contributed by atoms with E-state index >= 15 is 0 Å². The van der Waals surface area contributed by atoms with Crippen molar-refractivity contribution in [2.24, 2.45) is 5.92 Å². The molecule has 0 fully saturated rings. The van der Waals surface area contributed by atoms with Crippen LogP contribution in [0.2, 0.25) is 0 Å². The highest BCUT2D eigenvalue weighted by molar-refractivity contribution is 6.02. The van der Waals surface area contributed by atoms with E-state index in [4.69, 9.17) is 9.47 Å². The third-order valence-corrected chi connectivity index (χ3v) is 5.28. The zero-order valence-electron chi connectivity index (χ0n) is 15.0. The molecule has 0 aromatic heterocycles. The number of fused-ring (bicyclic) bond motifs is 2. The molecule has 134 valence electrons. The van der Waals surface area contributed by atoms with Crippen molar-refractivity contribution < 1.29 is 29.3 Å². The largest absolute Gasteiger partial charge is 0.507 e. The summed E-state index contributed by atoms with van der Waals surface area (Å²) in [7, 11) is 0. The van der Waals surface area contributed by atoms with Gasteiger partial charge in [0, 0.05) is 17.1 Å². The Morgan fingerprint density at radius 3 is 2.36 bits per heavy atom. The average molecular weight is 346 g/mol. The molecule has 1 aromatic rings. The lowest BCUT2D eigenvalue weighted by Crippen LogP contribution is -2.45. The normalized spacial score (nSPS) is 25.8. The topological polar surface area (TPSA) is 93.1 Å². The maximum absolute atomic E-state index is 12.8. The molecule has 6 heteroatoms. The minimum Gasteiger partial charge on any atom is -0.507 e. The fourth-order valence-corrected chi connectivity index (χ4v) is 3.62. The summed E-state index contributed by atoms with van der Waals surface area (Å²) in [4.78, 5) is 24.9. The van der Waals surface area contributed by atoms with E-state index in [-0.39, 0.29) is 28.4 Å². The number of Topliss-reactive ketones (excluding diaryl/α,β-unsaturated/α-hetero) is 1. The highest BCUT2D eigenvalue weighted by Crippen LogP contribution is 2.44. The van der Waals surface area contributed by atoms with Crippen LogP contribution in [0.1, 0.15) is 47.8 Å². The summed E-state index contributed by atoms with van der Waals surface area (Å²) in [6, 6.07) is 0. The predicted molar refractivity (Wildman–Crippen MR) is 89.7 cm³/mol. The molecule has 0 saturated heterocycles. The molecule has 0 unspecified atom stereocenters. The Balaban J connectivity index is 2.27. The van der Waals surface area contributed by atoms with E-state index in [1.165, 1.54) is 6.92 Å². The van der Waals surface area contributed by atoms with Crippen LogP contribution in [0.4, 0.5) is 0 Å². The number of esters is 1. The molecule has 1 heterocycles. The van der Waals surface area contributed by atoms with Crippen molar-refractivity contribution in [2.75, 3.05) is 0 Å². The van der Waals surface area contributed by atoms with Gasteiger partial charge in [0.15, 0.2) is 17.6 Å². The van der Waals surface area contributed by atoms with Crippen LogP contribution in [0.25, 0.3) is 0 Å². The third-order valence-electron chi connectivity index (χ3n) is 5.28. The van der Waals surface area contributed by atoms with E-state index in [0.717, 1.165) is 0 Å². The van der Waals surface area contributed by atoms with Gasteiger partial charge in [-0.1, -0.05) is 13.8 Å². The van der Waals surface area contributed by atoms with Crippen molar-refractivity contribution in [3.05, 3.63) is 33.6 Å². The second-order valence-electron chi connectivity index (χ2n) is 6.72. The number of rotatable bonds is 1. The van der Waals surface area contributed by atoms with E-state index in [2.05, 4.69) is 0 Å². The molecular formula is C19H22O6. The van der Waals surface area contributed by atoms with Crippen LogP contribution in [0.5, 0.6) is 11.5 Å². The summed E-state index contributed by atoms with van der Waals surface area (Å²) >= 11 is 0. The van der Waals surface area contributed by atoms with Gasteiger partial charge in [0.2, 0.25) is 0 Å². The zero-order valence-corrected chi connectivity index (χ0v) is 15.0. The number of phenols is 1. The second-order valence-corrected chi connectivity index (χ2v) is 6.72. The van der Waals surface area contributed by atoms with Crippen LogP contribution in [-0.4, -0.2) is 34.2 Å². The van der Waals surface area contributed by atoms with Crippen molar-refractivity contribution in [3.8, 4) is 11.5 Å². The molecule has 0 spiro atoms. The molecule has 2 N–H and O–H groups in total. The Morgan fingerprint density at radius 1 is 1.12 bits per heavy atom. The second kappa shape index (κ2) is 5.88. The lowest BCUT2D eigenvalue weighted by atomic mass is 9.84. The third kappa shape index (κ3) is 2.35. The Labute approximate surface area is 146 Å². The van der Waals surface area contributed by atoms with Crippen LogP contribution in [0.3, 0.4) is 0 Å². The SMILES string of the molecule is CCc1c(C)c2c(c(C)c1O)O[C@H]1C(=C(C)C(=O)[C@@H](O)[C@H]1C)OC2=O. The van der Waals surface area contributed by atoms with Crippen molar-refractivity contribution in [3.63, 3.8) is 0 Å². The molecular weight excluding hydrogens is 324 g/mol. The molecule has 25 heavy (non-hydrogen) atoms. The van der Waals surface area contributed by atoms with Crippen LogP contribution in [0, 0.1) is 19.8 Å². The number of hydrogen-bond donors (Lipinski definition) is 2. The van der Waals surface area contributed by atoms with Gasteiger partial charge in [-0.15, -0.1) is 0 Å². The molecule has 1 aliphatic heterocycles. The van der Waals surface area contributed by atoms with E-state index in [9.17, 15) is 19.8 Å². The van der Waals surface area contributed by atoms with Gasteiger partial charge >= 0.3 is 5.97 Å². The Morgan fingerprint density at radius 2 is 1.76 bits per heavy atom. The summed E-state index contributed by atoms with van der Waals surface area (Å²) in [5.74, 6) is -1.18. The molecule has 1 aromatic carbocycles. The van der Waals surface area contributed by atoms with Crippen LogP contribution < -0.4 is 4.74 Å². The predicted octanol–water partition coefficient (Wildman–Crippen LogP) is 2.34. The molecule has 3 rings (SSSR count). The summed E-state index contributed by atoms with van der Waals surface area (Å²) in [5, 5.41) is 20.6. The summed E-state index contributed by atoms with van der Waals surface area (Å²) in [5.41, 5.74) is 2.16. The first-order chi connectivity index (χ1) is 11.7. The first-order valence-corrected chi connectivity index (χ1v) is 8.37. The maximum Gasteiger partial charge on any atom is 0.347 e. The molecule has 0 saturated carbocycles. The summed E-state index contributed by atoms with van der Waals surface area (Å²) in [6.45, 7) is 8.49. The number of carbonyl (C=O) groups is 2. The Hall–Kier alpha value is -2.34. The van der Waals surface area contributed by atoms with Gasteiger partial charge in [-0.3, -0.25) is 4.79 Å². The molecule has 0 bridgehead atoms. The monoisotopic (exact) mass is 346 g/mol. The quantitative estimate of drug-likeness (QED) is 0.758. The molecule has 1 aliphatic carbocycles. The van der Waals surface area contributed by atoms with Crippen LogP contribution in [0.15, 0.2) is 11.3 Å². The maximum atomic E-state index is 12.8. The first-order valence-electron chi connectivity index (χ1n) is 8.37. The highest BCUT2D eigenvalue weighted by Gasteiger charge is 2.45. The van der Waals surface area contributed by atoms with Crippen molar-refractivity contribution in [2.45, 2.75) is 53.2 Å². The van der Waals surface area contributed by atoms with Gasteiger partial charge < -0.3 is 19.7 Å². The molecule has 2 aliphatic rings. The van der Waals surface area contributed by atoms with Gasteiger partial charge in [0.1, 0.15) is 23.2 Å². The smallest absolute Gasteiger partial charge is 0.347 e. The van der Waals surface area contributed by atoms with Gasteiger partial charge in [0.05, 0.1) is 0 Å². The van der Waals surface area contributed by atoms with E-state index in [1.807, 2.05) is 6.92 Å². The van der Waals surface area contributed by atoms with E-state index in [0.29, 0.717) is 23.1 Å². The summed E-state index contributed by atoms with van der Waals surface area (Å²) in [6.07, 6.45) is -1.44. The number of carbonyl (C=O) groups excluding carboxylic acids is 2. The fourth-order valence-electron chi connectivity index (χ4n) is 3.62.